The second-order valence-electron chi connectivity index (χ2n) is 15.5. The van der Waals surface area contributed by atoms with Crippen LogP contribution >= 0.6 is 0 Å². The summed E-state index contributed by atoms with van der Waals surface area (Å²) in [6.45, 7) is 0. The van der Waals surface area contributed by atoms with Crippen LogP contribution in [0.1, 0.15) is 0 Å². The third-order valence-electron chi connectivity index (χ3n) is 11.9. The van der Waals surface area contributed by atoms with Crippen molar-refractivity contribution in [1.82, 2.24) is 15.0 Å². The van der Waals surface area contributed by atoms with Crippen molar-refractivity contribution >= 4 is 54.3 Å². The van der Waals surface area contributed by atoms with E-state index in [-0.39, 0.29) is 0 Å². The van der Waals surface area contributed by atoms with E-state index in [0.29, 0.717) is 17.5 Å². The van der Waals surface area contributed by atoms with Gasteiger partial charge >= 0.3 is 0 Å². The lowest BCUT2D eigenvalue weighted by Crippen LogP contribution is -2.00. The minimum Gasteiger partial charge on any atom is -0.456 e. The van der Waals surface area contributed by atoms with Crippen molar-refractivity contribution in [1.29, 1.82) is 0 Å². The molecule has 0 atom stereocenters. The van der Waals surface area contributed by atoms with Gasteiger partial charge < -0.3 is 4.42 Å². The minimum absolute atomic E-state index is 0.584. The predicted molar refractivity (Wildman–Crippen MR) is 252 cm³/mol. The highest BCUT2D eigenvalue weighted by atomic mass is 16.3. The first-order chi connectivity index (χ1) is 30.2. The van der Waals surface area contributed by atoms with Crippen molar-refractivity contribution < 1.29 is 4.42 Å². The summed E-state index contributed by atoms with van der Waals surface area (Å²) >= 11 is 0. The highest BCUT2D eigenvalue weighted by Crippen LogP contribution is 2.40. The molecule has 0 fully saturated rings. The second-order valence-corrected chi connectivity index (χ2v) is 15.5. The Balaban J connectivity index is 0.962. The van der Waals surface area contributed by atoms with Crippen LogP contribution in [0.4, 0.5) is 0 Å². The van der Waals surface area contributed by atoms with Gasteiger partial charge in [-0.05, 0) is 96.0 Å². The molecule has 0 bridgehead atoms. The third kappa shape index (κ3) is 6.04. The van der Waals surface area contributed by atoms with Gasteiger partial charge in [-0.2, -0.15) is 0 Å². The van der Waals surface area contributed by atoms with Crippen molar-refractivity contribution in [3.63, 3.8) is 0 Å². The quantitative estimate of drug-likeness (QED) is 0.158. The molecule has 4 nitrogen and oxygen atoms in total. The Kier molecular flexibility index (Phi) is 8.13. The minimum atomic E-state index is 0.584. The number of benzene rings is 10. The van der Waals surface area contributed by atoms with Gasteiger partial charge in [0.05, 0.1) is 0 Å². The molecule has 0 unspecified atom stereocenters. The number of fused-ring (bicyclic) bond motifs is 9. The smallest absolute Gasteiger partial charge is 0.164 e. The molecule has 284 valence electrons. The highest BCUT2D eigenvalue weighted by molar-refractivity contribution is 6.25. The first kappa shape index (κ1) is 34.8. The summed E-state index contributed by atoms with van der Waals surface area (Å²) in [6, 6.07) is 74.7. The topological polar surface area (TPSA) is 51.8 Å². The molecule has 12 rings (SSSR count). The summed E-state index contributed by atoms with van der Waals surface area (Å²) in [7, 11) is 0. The second kappa shape index (κ2) is 14.3. The molecule has 0 saturated carbocycles. The van der Waals surface area contributed by atoms with E-state index in [1.165, 1.54) is 49.0 Å². The molecule has 0 aliphatic rings. The third-order valence-corrected chi connectivity index (χ3v) is 11.9. The summed E-state index contributed by atoms with van der Waals surface area (Å²) in [4.78, 5) is 15.3. The Hall–Kier alpha value is -8.21. The number of hydrogen-bond donors (Lipinski definition) is 0. The van der Waals surface area contributed by atoms with Gasteiger partial charge in [0.1, 0.15) is 11.2 Å². The Bertz CT molecular complexity index is 3600. The summed E-state index contributed by atoms with van der Waals surface area (Å²) in [6.07, 6.45) is 0. The lowest BCUT2D eigenvalue weighted by Gasteiger charge is -2.12. The van der Waals surface area contributed by atoms with Crippen LogP contribution in [-0.2, 0) is 0 Å². The first-order valence-corrected chi connectivity index (χ1v) is 20.6. The van der Waals surface area contributed by atoms with Gasteiger partial charge in [0.2, 0.25) is 0 Å². The molecule has 0 radical (unpaired) electrons. The predicted octanol–water partition coefficient (Wildman–Crippen LogP) is 15.2. The van der Waals surface area contributed by atoms with E-state index in [0.717, 1.165) is 55.3 Å². The zero-order chi connectivity index (χ0) is 40.3. The van der Waals surface area contributed by atoms with Crippen molar-refractivity contribution in [3.05, 3.63) is 212 Å². The zero-order valence-corrected chi connectivity index (χ0v) is 33.0. The van der Waals surface area contributed by atoms with Crippen LogP contribution in [0.5, 0.6) is 0 Å². The van der Waals surface area contributed by atoms with Gasteiger partial charge in [0, 0.05) is 27.5 Å². The molecular formula is C57H35N3O. The van der Waals surface area contributed by atoms with E-state index in [1.807, 2.05) is 42.5 Å². The number of aromatic nitrogens is 3. The SMILES string of the molecule is c1ccc(-c2ccc(-c3cccc(-c4cccc5oc6cc(-c7nc(-c8ccccc8)nc(-c8ccc9c%10ccccc%10c%10ccccc%10c9c8)n7)ccc6c45)c3)cc2)cc1. The van der Waals surface area contributed by atoms with Gasteiger partial charge in [0.25, 0.3) is 0 Å². The molecule has 0 saturated heterocycles. The van der Waals surface area contributed by atoms with Crippen molar-refractivity contribution in [2.75, 3.05) is 0 Å². The molecule has 0 aliphatic carbocycles. The van der Waals surface area contributed by atoms with Gasteiger partial charge in [-0.15, -0.1) is 0 Å². The Morgan fingerprint density at radius 3 is 1.34 bits per heavy atom. The van der Waals surface area contributed by atoms with Crippen molar-refractivity contribution in [3.8, 4) is 67.5 Å². The standard InChI is InChI=1S/C57H35N3O/c1-3-13-36(14-4-1)37-25-27-38(28-26-37)40-17-11-18-41(33-40)44-23-12-24-52-54(44)50-32-30-43(35-53(50)61-52)57-59-55(39-15-5-2-6-16-39)58-56(60-57)42-29-31-49-47-21-8-7-19-45(47)46-20-9-10-22-48(46)51(49)34-42/h1-35H. The molecule has 2 aromatic heterocycles. The normalized spacial score (nSPS) is 11.6. The number of hydrogen-bond acceptors (Lipinski definition) is 4. The maximum absolute atomic E-state index is 6.63. The Morgan fingerprint density at radius 2 is 0.689 bits per heavy atom. The van der Waals surface area contributed by atoms with Gasteiger partial charge in [0.15, 0.2) is 17.5 Å². The van der Waals surface area contributed by atoms with Gasteiger partial charge in [-0.25, -0.2) is 15.0 Å². The van der Waals surface area contributed by atoms with E-state index in [1.54, 1.807) is 0 Å². The van der Waals surface area contributed by atoms with E-state index in [2.05, 4.69) is 170 Å². The molecular weight excluding hydrogens is 743 g/mol. The van der Waals surface area contributed by atoms with E-state index >= 15 is 0 Å². The lowest BCUT2D eigenvalue weighted by molar-refractivity contribution is 0.669. The van der Waals surface area contributed by atoms with Crippen LogP contribution in [0.25, 0.3) is 122 Å². The molecule has 2 heterocycles. The number of furan rings is 1. The molecule has 0 N–H and O–H groups in total. The Morgan fingerprint density at radius 1 is 0.246 bits per heavy atom. The fourth-order valence-electron chi connectivity index (χ4n) is 8.95. The largest absolute Gasteiger partial charge is 0.456 e. The molecule has 0 amide bonds. The average molecular weight is 778 g/mol. The van der Waals surface area contributed by atoms with E-state index in [9.17, 15) is 0 Å². The monoisotopic (exact) mass is 777 g/mol. The number of rotatable bonds is 6. The molecule has 0 aliphatic heterocycles. The maximum atomic E-state index is 6.63. The summed E-state index contributed by atoms with van der Waals surface area (Å²) < 4.78 is 6.63. The number of nitrogens with zero attached hydrogens (tertiary/aromatic N) is 3. The highest BCUT2D eigenvalue weighted by Gasteiger charge is 2.18. The average Bonchev–Trinajstić information content (AvgIpc) is 3.73. The molecule has 61 heavy (non-hydrogen) atoms. The van der Waals surface area contributed by atoms with Crippen LogP contribution in [0.2, 0.25) is 0 Å². The van der Waals surface area contributed by atoms with Crippen LogP contribution in [0.3, 0.4) is 0 Å². The fourth-order valence-corrected chi connectivity index (χ4v) is 8.95. The van der Waals surface area contributed by atoms with Gasteiger partial charge in [-0.3, -0.25) is 0 Å². The maximum Gasteiger partial charge on any atom is 0.164 e. The van der Waals surface area contributed by atoms with E-state index < -0.39 is 0 Å². The molecule has 10 aromatic carbocycles. The molecule has 12 aromatic rings. The van der Waals surface area contributed by atoms with Crippen molar-refractivity contribution in [2.45, 2.75) is 0 Å². The zero-order valence-electron chi connectivity index (χ0n) is 33.0. The summed E-state index contributed by atoms with van der Waals surface area (Å²) in [5, 5.41) is 9.40. The lowest BCUT2D eigenvalue weighted by atomic mass is 9.93. The van der Waals surface area contributed by atoms with E-state index in [4.69, 9.17) is 19.4 Å². The Labute approximate surface area is 352 Å². The fraction of sp³-hybridized carbons (Fsp3) is 0. The molecule has 0 spiro atoms. The van der Waals surface area contributed by atoms with Crippen molar-refractivity contribution in [2.24, 2.45) is 0 Å². The molecule has 4 heteroatoms. The van der Waals surface area contributed by atoms with Crippen LogP contribution in [0, 0.1) is 0 Å². The first-order valence-electron chi connectivity index (χ1n) is 20.6. The van der Waals surface area contributed by atoms with Crippen LogP contribution in [-0.4, -0.2) is 15.0 Å². The van der Waals surface area contributed by atoms with Gasteiger partial charge in [-0.1, -0.05) is 182 Å². The van der Waals surface area contributed by atoms with Crippen LogP contribution in [0.15, 0.2) is 217 Å². The summed E-state index contributed by atoms with van der Waals surface area (Å²) in [5.41, 5.74) is 11.3. The van der Waals surface area contributed by atoms with Crippen LogP contribution < -0.4 is 0 Å². The summed E-state index contributed by atoms with van der Waals surface area (Å²) in [5.74, 6) is 1.82.